The van der Waals surface area contributed by atoms with Crippen LogP contribution in [-0.4, -0.2) is 28.7 Å². The zero-order valence-corrected chi connectivity index (χ0v) is 18.2. The number of nitrogens with one attached hydrogen (secondary N) is 2. The van der Waals surface area contributed by atoms with Crippen molar-refractivity contribution < 1.29 is 14.3 Å². The number of para-hydroxylation sites is 1. The van der Waals surface area contributed by atoms with Crippen molar-refractivity contribution in [1.29, 1.82) is 0 Å². The van der Waals surface area contributed by atoms with Crippen LogP contribution in [0, 0.1) is 0 Å². The number of rotatable bonds is 7. The number of aryl methyl sites for hydroxylation is 1. The van der Waals surface area contributed by atoms with Gasteiger partial charge in [-0.3, -0.25) is 20.4 Å². The Labute approximate surface area is 192 Å². The predicted molar refractivity (Wildman–Crippen MR) is 126 cm³/mol. The Balaban J connectivity index is 1.45. The summed E-state index contributed by atoms with van der Waals surface area (Å²) in [6, 6.07) is 26.5. The summed E-state index contributed by atoms with van der Waals surface area (Å²) >= 11 is 0. The molecule has 0 saturated heterocycles. The molecule has 0 aliphatic heterocycles. The van der Waals surface area contributed by atoms with Crippen molar-refractivity contribution in [3.63, 3.8) is 0 Å². The zero-order chi connectivity index (χ0) is 23.0. The van der Waals surface area contributed by atoms with Gasteiger partial charge in [0.1, 0.15) is 11.4 Å². The molecule has 0 aliphatic carbocycles. The van der Waals surface area contributed by atoms with Crippen molar-refractivity contribution in [1.82, 2.24) is 20.6 Å². The van der Waals surface area contributed by atoms with Gasteiger partial charge in [0.25, 0.3) is 5.91 Å². The molecule has 7 nitrogen and oxygen atoms in total. The molecule has 1 aromatic heterocycles. The van der Waals surface area contributed by atoms with Gasteiger partial charge in [0.05, 0.1) is 18.4 Å². The normalized spacial score (nSPS) is 10.5. The molecule has 0 unspecified atom stereocenters. The van der Waals surface area contributed by atoms with Crippen LogP contribution in [0.4, 0.5) is 0 Å². The second kappa shape index (κ2) is 10.3. The van der Waals surface area contributed by atoms with Crippen LogP contribution in [0.2, 0.25) is 0 Å². The third-order valence-corrected chi connectivity index (χ3v) is 5.12. The van der Waals surface area contributed by atoms with Gasteiger partial charge in [0.15, 0.2) is 0 Å². The van der Waals surface area contributed by atoms with E-state index in [1.54, 1.807) is 18.0 Å². The van der Waals surface area contributed by atoms with Gasteiger partial charge in [-0.1, -0.05) is 60.7 Å². The number of carbonyl (C=O) groups is 2. The second-order valence-electron chi connectivity index (χ2n) is 7.39. The lowest BCUT2D eigenvalue weighted by Crippen LogP contribution is -2.41. The van der Waals surface area contributed by atoms with E-state index in [0.717, 1.165) is 22.6 Å². The third kappa shape index (κ3) is 5.46. The van der Waals surface area contributed by atoms with Crippen LogP contribution in [0.1, 0.15) is 22.3 Å². The molecule has 2 N–H and O–H groups in total. The lowest BCUT2D eigenvalue weighted by atomic mass is 10.1. The lowest BCUT2D eigenvalue weighted by molar-refractivity contribution is -0.121. The van der Waals surface area contributed by atoms with Gasteiger partial charge in [-0.15, -0.1) is 0 Å². The van der Waals surface area contributed by atoms with Gasteiger partial charge in [-0.05, 0) is 36.2 Å². The molecule has 0 atom stereocenters. The van der Waals surface area contributed by atoms with Gasteiger partial charge in [-0.2, -0.15) is 5.10 Å². The number of benzene rings is 3. The SMILES string of the molecule is COc1cccc(CCC(=O)NNC(=O)c2cn(-c3ccccc3)nc2-c2ccccc2)c1. The van der Waals surface area contributed by atoms with Crippen molar-refractivity contribution in [2.45, 2.75) is 12.8 Å². The molecule has 0 aliphatic rings. The smallest absolute Gasteiger partial charge is 0.273 e. The second-order valence-corrected chi connectivity index (χ2v) is 7.39. The molecular formula is C26H24N4O3. The maximum Gasteiger partial charge on any atom is 0.273 e. The summed E-state index contributed by atoms with van der Waals surface area (Å²) in [6.07, 6.45) is 2.41. The summed E-state index contributed by atoms with van der Waals surface area (Å²) in [5, 5.41) is 4.62. The Morgan fingerprint density at radius 2 is 1.64 bits per heavy atom. The number of carbonyl (C=O) groups excluding carboxylic acids is 2. The molecule has 1 heterocycles. The molecule has 0 fully saturated rings. The van der Waals surface area contributed by atoms with E-state index >= 15 is 0 Å². The summed E-state index contributed by atoms with van der Waals surface area (Å²) in [7, 11) is 1.60. The highest BCUT2D eigenvalue weighted by atomic mass is 16.5. The molecule has 4 rings (SSSR count). The van der Waals surface area contributed by atoms with E-state index in [0.29, 0.717) is 17.7 Å². The number of hydrazine groups is 1. The van der Waals surface area contributed by atoms with Crippen molar-refractivity contribution in [2.75, 3.05) is 7.11 Å². The summed E-state index contributed by atoms with van der Waals surface area (Å²) in [4.78, 5) is 25.3. The quantitative estimate of drug-likeness (QED) is 0.426. The summed E-state index contributed by atoms with van der Waals surface area (Å²) < 4.78 is 6.86. The van der Waals surface area contributed by atoms with E-state index in [4.69, 9.17) is 4.74 Å². The van der Waals surface area contributed by atoms with Crippen LogP contribution >= 0.6 is 0 Å². The molecule has 0 radical (unpaired) electrons. The van der Waals surface area contributed by atoms with E-state index in [1.165, 1.54) is 0 Å². The Hall–Kier alpha value is -4.39. The van der Waals surface area contributed by atoms with Crippen molar-refractivity contribution in [2.24, 2.45) is 0 Å². The van der Waals surface area contributed by atoms with Crippen molar-refractivity contribution in [3.05, 3.63) is 102 Å². The first-order valence-corrected chi connectivity index (χ1v) is 10.6. The maximum absolute atomic E-state index is 12.9. The fourth-order valence-corrected chi connectivity index (χ4v) is 3.40. The van der Waals surface area contributed by atoms with E-state index in [-0.39, 0.29) is 12.3 Å². The number of aromatic nitrogens is 2. The molecule has 3 aromatic carbocycles. The number of hydrogen-bond donors (Lipinski definition) is 2. The van der Waals surface area contributed by atoms with Gasteiger partial charge >= 0.3 is 0 Å². The topological polar surface area (TPSA) is 85.3 Å². The maximum atomic E-state index is 12.9. The summed E-state index contributed by atoms with van der Waals surface area (Å²) in [5.41, 5.74) is 8.52. The third-order valence-electron chi connectivity index (χ3n) is 5.12. The fourth-order valence-electron chi connectivity index (χ4n) is 3.40. The number of ether oxygens (including phenoxy) is 1. The minimum atomic E-state index is -0.439. The number of amides is 2. The van der Waals surface area contributed by atoms with Gasteiger partial charge in [0.2, 0.25) is 5.91 Å². The van der Waals surface area contributed by atoms with Crippen LogP contribution in [-0.2, 0) is 11.2 Å². The van der Waals surface area contributed by atoms with E-state index < -0.39 is 5.91 Å². The number of hydrogen-bond acceptors (Lipinski definition) is 4. The molecule has 0 bridgehead atoms. The molecule has 0 spiro atoms. The van der Waals surface area contributed by atoms with Crippen molar-refractivity contribution in [3.8, 4) is 22.7 Å². The van der Waals surface area contributed by atoms with Crippen LogP contribution in [0.15, 0.2) is 91.1 Å². The first kappa shape index (κ1) is 21.8. The first-order valence-electron chi connectivity index (χ1n) is 10.6. The molecule has 0 saturated carbocycles. The van der Waals surface area contributed by atoms with Gasteiger partial charge in [0, 0.05) is 18.2 Å². The Kier molecular flexibility index (Phi) is 6.80. The van der Waals surface area contributed by atoms with E-state index in [9.17, 15) is 9.59 Å². The highest BCUT2D eigenvalue weighted by Gasteiger charge is 2.19. The van der Waals surface area contributed by atoms with E-state index in [1.807, 2.05) is 84.9 Å². The van der Waals surface area contributed by atoms with E-state index in [2.05, 4.69) is 16.0 Å². The van der Waals surface area contributed by atoms with Crippen LogP contribution in [0.3, 0.4) is 0 Å². The van der Waals surface area contributed by atoms with Crippen LogP contribution in [0.25, 0.3) is 16.9 Å². The average molecular weight is 441 g/mol. The first-order chi connectivity index (χ1) is 16.1. The number of nitrogens with zero attached hydrogens (tertiary/aromatic N) is 2. The molecule has 2 amide bonds. The van der Waals surface area contributed by atoms with Gasteiger partial charge in [-0.25, -0.2) is 4.68 Å². The fraction of sp³-hybridized carbons (Fsp3) is 0.115. The molecular weight excluding hydrogens is 416 g/mol. The summed E-state index contributed by atoms with van der Waals surface area (Å²) in [5.74, 6) is 0.0127. The minimum Gasteiger partial charge on any atom is -0.497 e. The lowest BCUT2D eigenvalue weighted by Gasteiger charge is -2.08. The van der Waals surface area contributed by atoms with Gasteiger partial charge < -0.3 is 4.74 Å². The monoisotopic (exact) mass is 440 g/mol. The van der Waals surface area contributed by atoms with Crippen molar-refractivity contribution >= 4 is 11.8 Å². The molecule has 4 aromatic rings. The number of methoxy groups -OCH3 is 1. The molecule has 33 heavy (non-hydrogen) atoms. The van der Waals surface area contributed by atoms with Crippen LogP contribution < -0.4 is 15.6 Å². The molecule has 7 heteroatoms. The highest BCUT2D eigenvalue weighted by Crippen LogP contribution is 2.23. The minimum absolute atomic E-state index is 0.224. The predicted octanol–water partition coefficient (Wildman–Crippen LogP) is 3.94. The Bertz CT molecular complexity index is 1240. The standard InChI is InChI=1S/C26H24N4O3/c1-33-22-14-8-9-19(17-22)15-16-24(31)27-28-26(32)23-18-30(21-12-6-3-7-13-21)29-25(23)20-10-4-2-5-11-20/h2-14,17-18H,15-16H2,1H3,(H,27,31)(H,28,32). The Morgan fingerprint density at radius 1 is 0.909 bits per heavy atom. The highest BCUT2D eigenvalue weighted by molar-refractivity contribution is 6.00. The average Bonchev–Trinajstić information content (AvgIpc) is 3.33. The molecule has 166 valence electrons. The van der Waals surface area contributed by atoms with Crippen LogP contribution in [0.5, 0.6) is 5.75 Å². The zero-order valence-electron chi connectivity index (χ0n) is 18.2. The summed E-state index contributed by atoms with van der Waals surface area (Å²) in [6.45, 7) is 0. The largest absolute Gasteiger partial charge is 0.497 e. The Morgan fingerprint density at radius 3 is 2.36 bits per heavy atom.